The fourth-order valence-corrected chi connectivity index (χ4v) is 4.88. The third kappa shape index (κ3) is 4.16. The van der Waals surface area contributed by atoms with Gasteiger partial charge in [0.15, 0.2) is 0 Å². The van der Waals surface area contributed by atoms with E-state index in [1.165, 1.54) is 12.1 Å². The summed E-state index contributed by atoms with van der Waals surface area (Å²) in [7, 11) is 0. The number of hydrogen-bond acceptors (Lipinski definition) is 5. The van der Waals surface area contributed by atoms with E-state index in [2.05, 4.69) is 26.6 Å². The zero-order valence-electron chi connectivity index (χ0n) is 19.6. The van der Waals surface area contributed by atoms with Crippen LogP contribution in [0.1, 0.15) is 46.7 Å². The molecule has 1 aromatic carbocycles. The topological polar surface area (TPSA) is 115 Å². The van der Waals surface area contributed by atoms with E-state index >= 15 is 0 Å². The van der Waals surface area contributed by atoms with Crippen molar-refractivity contribution >= 4 is 17.5 Å². The second-order valence-corrected chi connectivity index (χ2v) is 9.36. The van der Waals surface area contributed by atoms with Gasteiger partial charge in [0.1, 0.15) is 16.9 Å². The monoisotopic (exact) mass is 472 g/mol. The van der Waals surface area contributed by atoms with Gasteiger partial charge in [-0.3, -0.25) is 14.7 Å². The molecule has 0 spiro atoms. The third-order valence-electron chi connectivity index (χ3n) is 6.86. The van der Waals surface area contributed by atoms with E-state index in [0.717, 1.165) is 24.1 Å². The lowest BCUT2D eigenvalue weighted by molar-refractivity contribution is -0.123. The zero-order valence-corrected chi connectivity index (χ0v) is 19.6. The molecule has 35 heavy (non-hydrogen) atoms. The SMILES string of the molecule is Cc1cc(N2CC[C@@](C#N)(C3CC3)C2=O)cc(C(=O)NCc2cc(F)cc(-c3cn[nH]c3C)c2)n1. The lowest BCUT2D eigenvalue weighted by Gasteiger charge is -2.21. The van der Waals surface area contributed by atoms with Gasteiger partial charge in [0, 0.05) is 35.7 Å². The van der Waals surface area contributed by atoms with Crippen molar-refractivity contribution in [3.63, 3.8) is 0 Å². The first-order valence-electron chi connectivity index (χ1n) is 11.6. The Labute approximate surface area is 202 Å². The summed E-state index contributed by atoms with van der Waals surface area (Å²) in [6.45, 7) is 4.15. The van der Waals surface area contributed by atoms with Gasteiger partial charge in [-0.25, -0.2) is 9.37 Å². The Bertz CT molecular complexity index is 1370. The van der Waals surface area contributed by atoms with Gasteiger partial charge in [0.05, 0.1) is 12.3 Å². The molecule has 2 N–H and O–H groups in total. The summed E-state index contributed by atoms with van der Waals surface area (Å²) in [6, 6.07) is 10.2. The summed E-state index contributed by atoms with van der Waals surface area (Å²) in [5, 5.41) is 19.4. The van der Waals surface area contributed by atoms with E-state index < -0.39 is 17.1 Å². The fraction of sp³-hybridized carbons (Fsp3) is 0.346. The number of pyridine rings is 1. The van der Waals surface area contributed by atoms with Gasteiger partial charge >= 0.3 is 0 Å². The van der Waals surface area contributed by atoms with Crippen LogP contribution in [0, 0.1) is 42.3 Å². The van der Waals surface area contributed by atoms with Crippen molar-refractivity contribution in [3.05, 3.63) is 65.0 Å². The second kappa shape index (κ2) is 8.62. The summed E-state index contributed by atoms with van der Waals surface area (Å²) >= 11 is 0. The Balaban J connectivity index is 1.33. The number of carbonyl (C=O) groups is 2. The maximum absolute atomic E-state index is 14.3. The molecule has 3 heterocycles. The number of rotatable bonds is 6. The van der Waals surface area contributed by atoms with Crippen LogP contribution in [0.4, 0.5) is 10.1 Å². The molecule has 9 heteroatoms. The summed E-state index contributed by atoms with van der Waals surface area (Å²) in [5.74, 6) is -0.910. The number of nitrogens with one attached hydrogen (secondary N) is 2. The maximum Gasteiger partial charge on any atom is 0.270 e. The van der Waals surface area contributed by atoms with E-state index in [1.807, 2.05) is 6.92 Å². The highest BCUT2D eigenvalue weighted by Crippen LogP contribution is 2.51. The minimum atomic E-state index is -0.956. The summed E-state index contributed by atoms with van der Waals surface area (Å²) in [6.07, 6.45) is 3.93. The van der Waals surface area contributed by atoms with E-state index in [1.54, 1.807) is 36.2 Å². The number of aromatic amines is 1. The quantitative estimate of drug-likeness (QED) is 0.566. The highest BCUT2D eigenvalue weighted by atomic mass is 19.1. The van der Waals surface area contributed by atoms with Crippen molar-refractivity contribution in [2.75, 3.05) is 11.4 Å². The molecule has 2 amide bonds. The van der Waals surface area contributed by atoms with E-state index in [9.17, 15) is 19.2 Å². The largest absolute Gasteiger partial charge is 0.347 e. The molecule has 1 aliphatic carbocycles. The van der Waals surface area contributed by atoms with Gasteiger partial charge < -0.3 is 10.2 Å². The van der Waals surface area contributed by atoms with Gasteiger partial charge in [0.2, 0.25) is 5.91 Å². The van der Waals surface area contributed by atoms with Crippen LogP contribution in [0.25, 0.3) is 11.1 Å². The van der Waals surface area contributed by atoms with Crippen molar-refractivity contribution in [2.45, 2.75) is 39.7 Å². The van der Waals surface area contributed by atoms with Crippen molar-refractivity contribution in [1.82, 2.24) is 20.5 Å². The molecule has 0 bridgehead atoms. The summed E-state index contributed by atoms with van der Waals surface area (Å²) in [5.41, 5.74) is 3.23. The van der Waals surface area contributed by atoms with Crippen LogP contribution >= 0.6 is 0 Å². The average molecular weight is 473 g/mol. The standard InChI is InChI=1S/C26H25FN6O2/c1-15-7-21(33-6-5-26(14-28,25(33)35)19-3-4-19)11-23(31-15)24(34)29-12-17-8-18(10-20(27)9-17)22-13-30-32-16(22)2/h7-11,13,19H,3-6,12H2,1-2H3,(H,29,34)(H,30,32)/t26-/m1/s1. The van der Waals surface area contributed by atoms with Gasteiger partial charge in [-0.2, -0.15) is 10.4 Å². The van der Waals surface area contributed by atoms with Gasteiger partial charge in [-0.15, -0.1) is 0 Å². The van der Waals surface area contributed by atoms with Gasteiger partial charge in [-0.1, -0.05) is 0 Å². The van der Waals surface area contributed by atoms with Crippen molar-refractivity contribution in [3.8, 4) is 17.2 Å². The smallest absolute Gasteiger partial charge is 0.270 e. The van der Waals surface area contributed by atoms with Crippen LogP contribution in [-0.4, -0.2) is 33.5 Å². The van der Waals surface area contributed by atoms with Crippen LogP contribution in [0.3, 0.4) is 0 Å². The molecule has 8 nitrogen and oxygen atoms in total. The number of hydrogen-bond donors (Lipinski definition) is 2. The van der Waals surface area contributed by atoms with Crippen LogP contribution in [-0.2, 0) is 11.3 Å². The second-order valence-electron chi connectivity index (χ2n) is 9.36. The van der Waals surface area contributed by atoms with E-state index in [0.29, 0.717) is 35.5 Å². The van der Waals surface area contributed by atoms with E-state index in [4.69, 9.17) is 0 Å². The number of carbonyl (C=O) groups excluding carboxylic acids is 2. The normalized spacial score (nSPS) is 19.6. The van der Waals surface area contributed by atoms with Crippen LogP contribution < -0.4 is 10.2 Å². The lowest BCUT2D eigenvalue weighted by atomic mass is 9.83. The average Bonchev–Trinajstić information content (AvgIpc) is 3.51. The number of aryl methyl sites for hydroxylation is 2. The maximum atomic E-state index is 14.3. The number of nitrogens with zero attached hydrogens (tertiary/aromatic N) is 4. The number of H-pyrrole nitrogens is 1. The van der Waals surface area contributed by atoms with Crippen molar-refractivity contribution in [1.29, 1.82) is 5.26 Å². The molecule has 2 fully saturated rings. The number of benzene rings is 1. The molecule has 1 saturated heterocycles. The number of aromatic nitrogens is 3. The Morgan fingerprint density at radius 2 is 2.09 bits per heavy atom. The zero-order chi connectivity index (χ0) is 24.7. The Morgan fingerprint density at radius 1 is 1.29 bits per heavy atom. The molecule has 178 valence electrons. The number of halogens is 1. The molecule has 1 saturated carbocycles. The minimum absolute atomic E-state index is 0.104. The van der Waals surface area contributed by atoms with Crippen LogP contribution in [0.15, 0.2) is 36.5 Å². The van der Waals surface area contributed by atoms with Crippen molar-refractivity contribution < 1.29 is 14.0 Å². The third-order valence-corrected chi connectivity index (χ3v) is 6.86. The van der Waals surface area contributed by atoms with Crippen molar-refractivity contribution in [2.24, 2.45) is 11.3 Å². The predicted molar refractivity (Wildman–Crippen MR) is 127 cm³/mol. The Kier molecular flexibility index (Phi) is 5.59. The number of nitriles is 1. The number of amides is 2. The Hall–Kier alpha value is -4.06. The first kappa shape index (κ1) is 22.7. The van der Waals surface area contributed by atoms with Crippen LogP contribution in [0.2, 0.25) is 0 Å². The van der Waals surface area contributed by atoms with Crippen LogP contribution in [0.5, 0.6) is 0 Å². The molecular formula is C26H25FN6O2. The van der Waals surface area contributed by atoms with Gasteiger partial charge in [-0.05, 0) is 80.5 Å². The minimum Gasteiger partial charge on any atom is -0.347 e. The molecule has 1 aliphatic heterocycles. The molecule has 3 aromatic rings. The molecule has 2 aliphatic rings. The molecule has 0 radical (unpaired) electrons. The molecular weight excluding hydrogens is 447 g/mol. The highest BCUT2D eigenvalue weighted by Gasteiger charge is 2.56. The lowest BCUT2D eigenvalue weighted by Crippen LogP contribution is -2.35. The first-order valence-corrected chi connectivity index (χ1v) is 11.6. The summed E-state index contributed by atoms with van der Waals surface area (Å²) in [4.78, 5) is 32.0. The first-order chi connectivity index (χ1) is 16.8. The number of anilines is 1. The Morgan fingerprint density at radius 3 is 2.77 bits per heavy atom. The summed E-state index contributed by atoms with van der Waals surface area (Å²) < 4.78 is 14.3. The molecule has 0 unspecified atom stereocenters. The molecule has 5 rings (SSSR count). The van der Waals surface area contributed by atoms with E-state index in [-0.39, 0.29) is 24.1 Å². The van der Waals surface area contributed by atoms with Gasteiger partial charge in [0.25, 0.3) is 5.91 Å². The molecule has 1 atom stereocenters. The fourth-order valence-electron chi connectivity index (χ4n) is 4.88. The highest BCUT2D eigenvalue weighted by molar-refractivity contribution is 6.03. The molecule has 2 aromatic heterocycles. The predicted octanol–water partition coefficient (Wildman–Crippen LogP) is 3.81.